The Morgan fingerprint density at radius 1 is 1.40 bits per heavy atom. The van der Waals surface area contributed by atoms with Crippen LogP contribution in [0.4, 0.5) is 5.82 Å². The van der Waals surface area contributed by atoms with Crippen molar-refractivity contribution in [3.05, 3.63) is 23.0 Å². The van der Waals surface area contributed by atoms with Crippen LogP contribution in [0.5, 0.6) is 0 Å². The maximum atomic E-state index is 4.52. The quantitative estimate of drug-likeness (QED) is 0.707. The lowest BCUT2D eigenvalue weighted by molar-refractivity contribution is 0.781. The monoisotopic (exact) mass is 202 g/mol. The predicted octanol–water partition coefficient (Wildman–Crippen LogP) is 1.70. The fourth-order valence-electron chi connectivity index (χ4n) is 2.09. The van der Waals surface area contributed by atoms with Crippen LogP contribution in [0.15, 0.2) is 6.20 Å². The first-order chi connectivity index (χ1) is 7.27. The molecule has 0 spiro atoms. The summed E-state index contributed by atoms with van der Waals surface area (Å²) in [5, 5.41) is 7.92. The number of hydrogen-bond acceptors (Lipinski definition) is 3. The van der Waals surface area contributed by atoms with E-state index in [2.05, 4.69) is 22.3 Å². The van der Waals surface area contributed by atoms with E-state index in [9.17, 15) is 0 Å². The highest BCUT2D eigenvalue weighted by Gasteiger charge is 2.15. The van der Waals surface area contributed by atoms with Gasteiger partial charge < -0.3 is 5.32 Å². The number of aromatic nitrogens is 3. The summed E-state index contributed by atoms with van der Waals surface area (Å²) in [4.78, 5) is 4.48. The average Bonchev–Trinajstić information content (AvgIpc) is 2.56. The normalized spacial score (nSPS) is 15.1. The zero-order valence-corrected chi connectivity index (χ0v) is 9.04. The van der Waals surface area contributed by atoms with Gasteiger partial charge in [-0.2, -0.15) is 9.61 Å². The van der Waals surface area contributed by atoms with Crippen LogP contribution >= 0.6 is 0 Å². The molecule has 3 heterocycles. The smallest absolute Gasteiger partial charge is 0.160 e. The van der Waals surface area contributed by atoms with Crippen molar-refractivity contribution in [3.8, 4) is 0 Å². The lowest BCUT2D eigenvalue weighted by atomic mass is 10.1. The zero-order valence-electron chi connectivity index (χ0n) is 9.04. The molecular formula is C11H14N4. The van der Waals surface area contributed by atoms with Crippen molar-refractivity contribution >= 4 is 11.5 Å². The third kappa shape index (κ3) is 1.14. The van der Waals surface area contributed by atoms with Crippen LogP contribution in [-0.4, -0.2) is 21.1 Å². The Morgan fingerprint density at radius 2 is 2.27 bits per heavy atom. The van der Waals surface area contributed by atoms with Gasteiger partial charge in [-0.15, -0.1) is 0 Å². The van der Waals surface area contributed by atoms with Gasteiger partial charge in [0.2, 0.25) is 0 Å². The van der Waals surface area contributed by atoms with E-state index in [1.165, 1.54) is 17.5 Å². The van der Waals surface area contributed by atoms with Crippen molar-refractivity contribution in [2.75, 3.05) is 11.9 Å². The van der Waals surface area contributed by atoms with Crippen LogP contribution in [0.1, 0.15) is 23.2 Å². The van der Waals surface area contributed by atoms with Gasteiger partial charge in [-0.05, 0) is 26.7 Å². The Labute approximate surface area is 88.3 Å². The zero-order chi connectivity index (χ0) is 10.4. The molecule has 0 saturated carbocycles. The SMILES string of the molecule is Cc1nn2c3c(cnc2c1C)CCCN3. The number of fused-ring (bicyclic) bond motifs is 3. The van der Waals surface area contributed by atoms with Crippen molar-refractivity contribution in [2.24, 2.45) is 0 Å². The van der Waals surface area contributed by atoms with Crippen LogP contribution in [-0.2, 0) is 6.42 Å². The molecule has 4 heteroatoms. The van der Waals surface area contributed by atoms with E-state index in [1.807, 2.05) is 17.6 Å². The lowest BCUT2D eigenvalue weighted by Crippen LogP contribution is -2.16. The standard InChI is InChI=1S/C11H14N4/c1-7-8(2)14-15-10(7)13-6-9-4-3-5-12-11(9)15/h6,12H,3-5H2,1-2H3. The molecule has 2 aromatic heterocycles. The summed E-state index contributed by atoms with van der Waals surface area (Å²) in [6.07, 6.45) is 4.26. The van der Waals surface area contributed by atoms with Gasteiger partial charge in [0.15, 0.2) is 5.65 Å². The highest BCUT2D eigenvalue weighted by atomic mass is 15.3. The van der Waals surface area contributed by atoms with Gasteiger partial charge in [-0.3, -0.25) is 0 Å². The summed E-state index contributed by atoms with van der Waals surface area (Å²) < 4.78 is 1.94. The van der Waals surface area contributed by atoms with Crippen LogP contribution < -0.4 is 5.32 Å². The van der Waals surface area contributed by atoms with Crippen LogP contribution in [0.2, 0.25) is 0 Å². The van der Waals surface area contributed by atoms with E-state index in [0.29, 0.717) is 0 Å². The van der Waals surface area contributed by atoms with E-state index in [0.717, 1.165) is 30.1 Å². The molecule has 0 radical (unpaired) electrons. The fourth-order valence-corrected chi connectivity index (χ4v) is 2.09. The second kappa shape index (κ2) is 2.95. The molecule has 4 nitrogen and oxygen atoms in total. The molecule has 78 valence electrons. The summed E-state index contributed by atoms with van der Waals surface area (Å²) in [5.74, 6) is 1.13. The molecule has 0 aliphatic carbocycles. The maximum Gasteiger partial charge on any atom is 0.160 e. The fraction of sp³-hybridized carbons (Fsp3) is 0.455. The van der Waals surface area contributed by atoms with E-state index in [4.69, 9.17) is 0 Å². The molecule has 0 amide bonds. The van der Waals surface area contributed by atoms with Crippen molar-refractivity contribution < 1.29 is 0 Å². The molecule has 3 rings (SSSR count). The van der Waals surface area contributed by atoms with Crippen molar-refractivity contribution in [1.29, 1.82) is 0 Å². The van der Waals surface area contributed by atoms with Gasteiger partial charge in [-0.25, -0.2) is 4.98 Å². The number of rotatable bonds is 0. The summed E-state index contributed by atoms with van der Waals surface area (Å²) in [7, 11) is 0. The molecule has 0 saturated heterocycles. The van der Waals surface area contributed by atoms with E-state index >= 15 is 0 Å². The average molecular weight is 202 g/mol. The Bertz CT molecular complexity index is 527. The third-order valence-corrected chi connectivity index (χ3v) is 3.10. The number of hydrogen-bond donors (Lipinski definition) is 1. The van der Waals surface area contributed by atoms with Crippen LogP contribution in [0, 0.1) is 13.8 Å². The molecule has 1 aliphatic heterocycles. The van der Waals surface area contributed by atoms with Gasteiger partial charge in [0.05, 0.1) is 5.69 Å². The summed E-state index contributed by atoms with van der Waals surface area (Å²) in [6, 6.07) is 0. The maximum absolute atomic E-state index is 4.52. The van der Waals surface area contributed by atoms with Crippen molar-refractivity contribution in [1.82, 2.24) is 14.6 Å². The van der Waals surface area contributed by atoms with Gasteiger partial charge in [0, 0.05) is 23.9 Å². The molecule has 0 atom stereocenters. The van der Waals surface area contributed by atoms with Gasteiger partial charge in [0.1, 0.15) is 5.82 Å². The number of anilines is 1. The summed E-state index contributed by atoms with van der Waals surface area (Å²) >= 11 is 0. The minimum absolute atomic E-state index is 0.973. The summed E-state index contributed by atoms with van der Waals surface area (Å²) in [5.41, 5.74) is 4.48. The number of nitrogens with one attached hydrogen (secondary N) is 1. The Hall–Kier alpha value is -1.58. The molecule has 0 bridgehead atoms. The molecule has 15 heavy (non-hydrogen) atoms. The highest BCUT2D eigenvalue weighted by molar-refractivity contribution is 5.58. The minimum atomic E-state index is 0.973. The highest BCUT2D eigenvalue weighted by Crippen LogP contribution is 2.23. The first-order valence-corrected chi connectivity index (χ1v) is 5.35. The van der Waals surface area contributed by atoms with E-state index in [-0.39, 0.29) is 0 Å². The Morgan fingerprint density at radius 3 is 3.13 bits per heavy atom. The minimum Gasteiger partial charge on any atom is -0.370 e. The second-order valence-corrected chi connectivity index (χ2v) is 4.11. The van der Waals surface area contributed by atoms with Gasteiger partial charge in [-0.1, -0.05) is 0 Å². The third-order valence-electron chi connectivity index (χ3n) is 3.10. The largest absolute Gasteiger partial charge is 0.370 e. The van der Waals surface area contributed by atoms with Gasteiger partial charge >= 0.3 is 0 Å². The van der Waals surface area contributed by atoms with Crippen LogP contribution in [0.3, 0.4) is 0 Å². The molecule has 0 aromatic carbocycles. The molecule has 2 aromatic rings. The number of aryl methyl sites for hydroxylation is 3. The lowest BCUT2D eigenvalue weighted by Gasteiger charge is -2.17. The second-order valence-electron chi connectivity index (χ2n) is 4.11. The Kier molecular flexibility index (Phi) is 1.71. The van der Waals surface area contributed by atoms with E-state index in [1.54, 1.807) is 0 Å². The molecule has 1 N–H and O–H groups in total. The molecule has 0 fully saturated rings. The molecular weight excluding hydrogens is 188 g/mol. The summed E-state index contributed by atoms with van der Waals surface area (Å²) in [6.45, 7) is 5.13. The molecule has 0 unspecified atom stereocenters. The number of nitrogens with zero attached hydrogens (tertiary/aromatic N) is 3. The predicted molar refractivity (Wildman–Crippen MR) is 59.3 cm³/mol. The van der Waals surface area contributed by atoms with Gasteiger partial charge in [0.25, 0.3) is 0 Å². The first-order valence-electron chi connectivity index (χ1n) is 5.35. The van der Waals surface area contributed by atoms with Crippen LogP contribution in [0.25, 0.3) is 5.65 Å². The van der Waals surface area contributed by atoms with Crippen molar-refractivity contribution in [2.45, 2.75) is 26.7 Å². The first kappa shape index (κ1) is 8.71. The van der Waals surface area contributed by atoms with Crippen molar-refractivity contribution in [3.63, 3.8) is 0 Å². The molecule has 1 aliphatic rings. The topological polar surface area (TPSA) is 42.2 Å². The van der Waals surface area contributed by atoms with E-state index < -0.39 is 0 Å². The Balaban J connectivity index is 2.36.